The van der Waals surface area contributed by atoms with Gasteiger partial charge in [-0.1, -0.05) is 71.9 Å². The second-order valence-corrected chi connectivity index (χ2v) is 10.00. The van der Waals surface area contributed by atoms with Crippen LogP contribution in [0, 0.1) is 6.92 Å². The fraction of sp³-hybridized carbons (Fsp3) is 0.286. The van der Waals surface area contributed by atoms with Gasteiger partial charge in [0.05, 0.1) is 12.3 Å². The first-order valence-electron chi connectivity index (χ1n) is 12.2. The van der Waals surface area contributed by atoms with Crippen molar-refractivity contribution in [3.8, 4) is 11.4 Å². The highest BCUT2D eigenvalue weighted by atomic mass is 32.2. The normalized spacial score (nSPS) is 14.2. The van der Waals surface area contributed by atoms with E-state index in [1.165, 1.54) is 22.9 Å². The molecule has 0 atom stereocenters. The van der Waals surface area contributed by atoms with Gasteiger partial charge in [-0.2, -0.15) is 0 Å². The zero-order valence-corrected chi connectivity index (χ0v) is 21.3. The Morgan fingerprint density at radius 3 is 2.44 bits per heavy atom. The number of carbonyl (C=O) groups excluding carboxylic acids is 1. The summed E-state index contributed by atoms with van der Waals surface area (Å²) in [7, 11) is 0. The molecule has 0 bridgehead atoms. The van der Waals surface area contributed by atoms with Crippen LogP contribution in [0.3, 0.4) is 0 Å². The fourth-order valence-electron chi connectivity index (χ4n) is 4.45. The highest BCUT2D eigenvalue weighted by Crippen LogP contribution is 2.25. The summed E-state index contributed by atoms with van der Waals surface area (Å²) in [4.78, 5) is 21.7. The quantitative estimate of drug-likeness (QED) is 0.340. The van der Waals surface area contributed by atoms with E-state index in [-0.39, 0.29) is 5.91 Å². The van der Waals surface area contributed by atoms with Crippen LogP contribution in [0.25, 0.3) is 11.4 Å². The third-order valence-electron chi connectivity index (χ3n) is 6.36. The van der Waals surface area contributed by atoms with E-state index in [2.05, 4.69) is 68.0 Å². The molecule has 184 valence electrons. The van der Waals surface area contributed by atoms with Crippen LogP contribution in [0.15, 0.2) is 84.3 Å². The zero-order chi connectivity index (χ0) is 24.7. The average Bonchev–Trinajstić information content (AvgIpc) is 3.31. The van der Waals surface area contributed by atoms with E-state index < -0.39 is 0 Å². The summed E-state index contributed by atoms with van der Waals surface area (Å²) in [5.41, 5.74) is 4.67. The van der Waals surface area contributed by atoms with E-state index in [0.29, 0.717) is 12.3 Å². The third-order valence-corrected chi connectivity index (χ3v) is 7.31. The van der Waals surface area contributed by atoms with Crippen molar-refractivity contribution in [2.24, 2.45) is 0 Å². The summed E-state index contributed by atoms with van der Waals surface area (Å²) in [5.74, 6) is 1.25. The van der Waals surface area contributed by atoms with E-state index >= 15 is 0 Å². The minimum Gasteiger partial charge on any atom is -0.339 e. The summed E-state index contributed by atoms with van der Waals surface area (Å²) in [6, 6.07) is 22.7. The number of carbonyl (C=O) groups is 1. The molecular formula is C28H30N6OS. The number of piperazine rings is 1. The van der Waals surface area contributed by atoms with Crippen LogP contribution in [-0.2, 0) is 17.9 Å². The minimum atomic E-state index is 0.146. The predicted molar refractivity (Wildman–Crippen MR) is 143 cm³/mol. The Morgan fingerprint density at radius 2 is 1.69 bits per heavy atom. The molecule has 0 spiro atoms. The molecule has 2 aromatic heterocycles. The molecule has 5 rings (SSSR count). The molecule has 1 aliphatic heterocycles. The number of nitrogens with zero attached hydrogens (tertiary/aromatic N) is 6. The SMILES string of the molecule is Cc1cccc(CN2CCN(C(=O)CSc3nnc(-c4cccnc4)n3Cc3ccccc3)CC2)c1. The van der Waals surface area contributed by atoms with E-state index in [1.807, 2.05) is 35.2 Å². The van der Waals surface area contributed by atoms with Gasteiger partial charge in [-0.3, -0.25) is 19.2 Å². The van der Waals surface area contributed by atoms with E-state index in [1.54, 1.807) is 12.4 Å². The number of amides is 1. The third kappa shape index (κ3) is 6.01. The van der Waals surface area contributed by atoms with Crippen molar-refractivity contribution in [3.63, 3.8) is 0 Å². The average molecular weight is 499 g/mol. The summed E-state index contributed by atoms with van der Waals surface area (Å²) < 4.78 is 2.07. The Kier molecular flexibility index (Phi) is 7.73. The van der Waals surface area contributed by atoms with Gasteiger partial charge in [0.2, 0.25) is 5.91 Å². The number of aromatic nitrogens is 4. The van der Waals surface area contributed by atoms with E-state index in [4.69, 9.17) is 0 Å². The Labute approximate surface area is 216 Å². The van der Waals surface area contributed by atoms with Crippen molar-refractivity contribution in [2.45, 2.75) is 25.2 Å². The van der Waals surface area contributed by atoms with E-state index in [0.717, 1.165) is 54.8 Å². The number of aryl methyl sites for hydroxylation is 1. The lowest BCUT2D eigenvalue weighted by Crippen LogP contribution is -2.48. The number of benzene rings is 2. The molecule has 4 aromatic rings. The zero-order valence-electron chi connectivity index (χ0n) is 20.5. The Bertz CT molecular complexity index is 1290. The number of pyridine rings is 1. The van der Waals surface area contributed by atoms with Gasteiger partial charge in [0.25, 0.3) is 0 Å². The largest absolute Gasteiger partial charge is 0.339 e. The summed E-state index contributed by atoms with van der Waals surface area (Å²) in [6.45, 7) is 6.97. The van der Waals surface area contributed by atoms with Crippen molar-refractivity contribution in [3.05, 3.63) is 95.8 Å². The first kappa shape index (κ1) is 24.2. The molecule has 7 nitrogen and oxygen atoms in total. The van der Waals surface area contributed by atoms with Crippen molar-refractivity contribution < 1.29 is 4.79 Å². The van der Waals surface area contributed by atoms with Crippen molar-refractivity contribution in [2.75, 3.05) is 31.9 Å². The predicted octanol–water partition coefficient (Wildman–Crippen LogP) is 4.13. The lowest BCUT2D eigenvalue weighted by molar-refractivity contribution is -0.130. The monoisotopic (exact) mass is 498 g/mol. The number of hydrogen-bond acceptors (Lipinski definition) is 6. The van der Waals surface area contributed by atoms with Crippen LogP contribution in [0.4, 0.5) is 0 Å². The number of thioether (sulfide) groups is 1. The topological polar surface area (TPSA) is 67.2 Å². The smallest absolute Gasteiger partial charge is 0.233 e. The van der Waals surface area contributed by atoms with Gasteiger partial charge in [-0.15, -0.1) is 10.2 Å². The molecule has 1 amide bonds. The molecule has 0 saturated carbocycles. The second kappa shape index (κ2) is 11.5. The molecule has 0 N–H and O–H groups in total. The first-order valence-corrected chi connectivity index (χ1v) is 13.2. The van der Waals surface area contributed by atoms with Gasteiger partial charge in [-0.25, -0.2) is 0 Å². The molecular weight excluding hydrogens is 468 g/mol. The highest BCUT2D eigenvalue weighted by molar-refractivity contribution is 7.99. The lowest BCUT2D eigenvalue weighted by atomic mass is 10.1. The van der Waals surface area contributed by atoms with E-state index in [9.17, 15) is 4.79 Å². The van der Waals surface area contributed by atoms with Gasteiger partial charge in [0, 0.05) is 50.7 Å². The summed E-state index contributed by atoms with van der Waals surface area (Å²) >= 11 is 1.45. The highest BCUT2D eigenvalue weighted by Gasteiger charge is 2.23. The van der Waals surface area contributed by atoms with Gasteiger partial charge in [-0.05, 0) is 30.2 Å². The molecule has 1 saturated heterocycles. The lowest BCUT2D eigenvalue weighted by Gasteiger charge is -2.34. The maximum atomic E-state index is 13.0. The molecule has 0 unspecified atom stereocenters. The van der Waals surface area contributed by atoms with Gasteiger partial charge in [0.15, 0.2) is 11.0 Å². The first-order chi connectivity index (χ1) is 17.7. The summed E-state index contributed by atoms with van der Waals surface area (Å²) in [5, 5.41) is 9.63. The summed E-state index contributed by atoms with van der Waals surface area (Å²) in [6.07, 6.45) is 3.54. The van der Waals surface area contributed by atoms with Gasteiger partial charge < -0.3 is 4.90 Å². The maximum absolute atomic E-state index is 13.0. The molecule has 3 heterocycles. The van der Waals surface area contributed by atoms with Crippen LogP contribution in [0.1, 0.15) is 16.7 Å². The molecule has 0 radical (unpaired) electrons. The van der Waals surface area contributed by atoms with Gasteiger partial charge in [0.1, 0.15) is 0 Å². The maximum Gasteiger partial charge on any atom is 0.233 e. The van der Waals surface area contributed by atoms with Crippen LogP contribution in [0.2, 0.25) is 0 Å². The number of hydrogen-bond donors (Lipinski definition) is 0. The van der Waals surface area contributed by atoms with Gasteiger partial charge >= 0.3 is 0 Å². The Morgan fingerprint density at radius 1 is 0.889 bits per heavy atom. The van der Waals surface area contributed by atoms with Crippen LogP contribution in [0.5, 0.6) is 0 Å². The molecule has 2 aromatic carbocycles. The standard InChI is InChI=1S/C28H30N6OS/c1-22-7-5-10-24(17-22)19-32-13-15-33(16-14-32)26(35)21-36-28-31-30-27(25-11-6-12-29-18-25)34(28)20-23-8-3-2-4-9-23/h2-12,17-18H,13-16,19-21H2,1H3. The Balaban J connectivity index is 1.21. The molecule has 8 heteroatoms. The number of rotatable bonds is 8. The van der Waals surface area contributed by atoms with Crippen LogP contribution < -0.4 is 0 Å². The fourth-order valence-corrected chi connectivity index (χ4v) is 5.29. The molecule has 1 aliphatic rings. The molecule has 36 heavy (non-hydrogen) atoms. The Hall–Kier alpha value is -3.49. The second-order valence-electron chi connectivity index (χ2n) is 9.05. The minimum absolute atomic E-state index is 0.146. The van der Waals surface area contributed by atoms with Crippen LogP contribution >= 0.6 is 11.8 Å². The van der Waals surface area contributed by atoms with Crippen LogP contribution in [-0.4, -0.2) is 67.4 Å². The van der Waals surface area contributed by atoms with Crippen molar-refractivity contribution in [1.82, 2.24) is 29.5 Å². The van der Waals surface area contributed by atoms with Crippen molar-refractivity contribution in [1.29, 1.82) is 0 Å². The molecule has 0 aliphatic carbocycles. The molecule has 1 fully saturated rings. The van der Waals surface area contributed by atoms with Crippen molar-refractivity contribution >= 4 is 17.7 Å².